The van der Waals surface area contributed by atoms with Crippen LogP contribution >= 0.6 is 11.3 Å². The Morgan fingerprint density at radius 2 is 1.96 bits per heavy atom. The van der Waals surface area contributed by atoms with Crippen molar-refractivity contribution in [2.75, 3.05) is 0 Å². The van der Waals surface area contributed by atoms with E-state index in [1.807, 2.05) is 24.3 Å². The Morgan fingerprint density at radius 3 is 2.73 bits per heavy atom. The van der Waals surface area contributed by atoms with Crippen LogP contribution in [0, 0.1) is 11.8 Å². The monoisotopic (exact) mass is 365 g/mol. The summed E-state index contributed by atoms with van der Waals surface area (Å²) in [6, 6.07) is 8.40. The van der Waals surface area contributed by atoms with Crippen LogP contribution in [0.4, 0.5) is 0 Å². The minimum Gasteiger partial charge on any atom is -0.348 e. The van der Waals surface area contributed by atoms with E-state index < -0.39 is 0 Å². The third-order valence-electron chi connectivity index (χ3n) is 5.64. The molecular formula is C19H19N5OS. The molecule has 2 aliphatic carbocycles. The van der Waals surface area contributed by atoms with E-state index in [2.05, 4.69) is 20.3 Å². The Morgan fingerprint density at radius 1 is 1.12 bits per heavy atom. The summed E-state index contributed by atoms with van der Waals surface area (Å²) in [7, 11) is 0. The number of hydrogen-bond acceptors (Lipinski definition) is 6. The first-order valence-corrected chi connectivity index (χ1v) is 9.74. The molecule has 0 aliphatic heterocycles. The van der Waals surface area contributed by atoms with E-state index in [-0.39, 0.29) is 11.9 Å². The first-order valence-electron chi connectivity index (χ1n) is 8.92. The molecule has 0 spiro atoms. The van der Waals surface area contributed by atoms with E-state index in [9.17, 15) is 4.79 Å². The van der Waals surface area contributed by atoms with Gasteiger partial charge in [0.1, 0.15) is 10.7 Å². The van der Waals surface area contributed by atoms with Gasteiger partial charge in [-0.25, -0.2) is 15.0 Å². The van der Waals surface area contributed by atoms with E-state index >= 15 is 0 Å². The second-order valence-electron chi connectivity index (χ2n) is 7.21. The van der Waals surface area contributed by atoms with Crippen LogP contribution < -0.4 is 11.1 Å². The van der Waals surface area contributed by atoms with Crippen molar-refractivity contribution in [2.24, 2.45) is 17.6 Å². The maximum Gasteiger partial charge on any atom is 0.272 e. The molecule has 2 fully saturated rings. The third kappa shape index (κ3) is 2.59. The molecule has 26 heavy (non-hydrogen) atoms. The lowest BCUT2D eigenvalue weighted by molar-refractivity contribution is 0.0916. The van der Waals surface area contributed by atoms with Crippen LogP contribution in [0.3, 0.4) is 0 Å². The minimum atomic E-state index is -0.168. The van der Waals surface area contributed by atoms with E-state index in [0.29, 0.717) is 29.3 Å². The first-order chi connectivity index (χ1) is 12.7. The van der Waals surface area contributed by atoms with Gasteiger partial charge in [-0.05, 0) is 43.2 Å². The summed E-state index contributed by atoms with van der Waals surface area (Å²) in [5.74, 6) is 0.857. The average molecular weight is 365 g/mol. The number of carbonyl (C=O) groups excluding carboxylic acids is 1. The molecule has 7 heteroatoms. The summed E-state index contributed by atoms with van der Waals surface area (Å²) < 4.78 is 1.07. The van der Waals surface area contributed by atoms with Crippen molar-refractivity contribution >= 4 is 27.5 Å². The predicted octanol–water partition coefficient (Wildman–Crippen LogP) is 2.61. The maximum absolute atomic E-state index is 12.9. The fraction of sp³-hybridized carbons (Fsp3) is 0.368. The minimum absolute atomic E-state index is 0.168. The van der Waals surface area contributed by atoms with Crippen molar-refractivity contribution in [1.29, 1.82) is 0 Å². The smallest absolute Gasteiger partial charge is 0.272 e. The quantitative estimate of drug-likeness (QED) is 0.744. The third-order valence-corrected chi connectivity index (χ3v) is 6.68. The van der Waals surface area contributed by atoms with E-state index in [4.69, 9.17) is 5.73 Å². The highest BCUT2D eigenvalue weighted by atomic mass is 32.1. The highest BCUT2D eigenvalue weighted by Crippen LogP contribution is 2.44. The normalized spacial score (nSPS) is 27.1. The number of rotatable bonds is 3. The number of nitrogens with zero attached hydrogens (tertiary/aromatic N) is 3. The lowest BCUT2D eigenvalue weighted by atomic mass is 9.92. The van der Waals surface area contributed by atoms with Crippen LogP contribution in [0.15, 0.2) is 36.7 Å². The van der Waals surface area contributed by atoms with Crippen molar-refractivity contribution < 1.29 is 4.79 Å². The zero-order valence-corrected chi connectivity index (χ0v) is 14.9. The maximum atomic E-state index is 12.9. The molecule has 5 rings (SSSR count). The number of hydrogen-bond donors (Lipinski definition) is 2. The van der Waals surface area contributed by atoms with E-state index in [1.54, 1.807) is 12.4 Å². The highest BCUT2D eigenvalue weighted by molar-refractivity contribution is 7.21. The summed E-state index contributed by atoms with van der Waals surface area (Å²) >= 11 is 1.53. The Hall–Kier alpha value is -2.38. The zero-order chi connectivity index (χ0) is 17.7. The molecule has 4 atom stereocenters. The first kappa shape index (κ1) is 15.8. The van der Waals surface area contributed by atoms with Gasteiger partial charge in [0.25, 0.3) is 5.91 Å². The van der Waals surface area contributed by atoms with Crippen LogP contribution in [0.5, 0.6) is 0 Å². The second kappa shape index (κ2) is 6.10. The molecule has 1 aromatic carbocycles. The van der Waals surface area contributed by atoms with Crippen LogP contribution in [-0.2, 0) is 0 Å². The number of nitrogens with two attached hydrogens (primary N) is 1. The Kier molecular flexibility index (Phi) is 3.72. The molecule has 3 N–H and O–H groups in total. The van der Waals surface area contributed by atoms with Crippen molar-refractivity contribution in [2.45, 2.75) is 31.3 Å². The average Bonchev–Trinajstić information content (AvgIpc) is 3.35. The summed E-state index contributed by atoms with van der Waals surface area (Å²) in [5.41, 5.74) is 7.92. The summed E-state index contributed by atoms with van der Waals surface area (Å²) in [4.78, 5) is 26.2. The number of aromatic nitrogens is 3. The number of thiazole rings is 1. The van der Waals surface area contributed by atoms with Gasteiger partial charge in [-0.3, -0.25) is 4.79 Å². The van der Waals surface area contributed by atoms with Crippen molar-refractivity contribution in [1.82, 2.24) is 20.3 Å². The Bertz CT molecular complexity index is 952. The number of benzene rings is 1. The van der Waals surface area contributed by atoms with Crippen molar-refractivity contribution in [3.05, 3.63) is 42.4 Å². The fourth-order valence-corrected chi connectivity index (χ4v) is 5.33. The molecule has 0 saturated heterocycles. The standard InChI is InChI=1S/C19H19N5OS/c20-12-8-11-7-10(12)9-14(11)23-18(25)16-17(22-6-5-21-16)19-24-13-3-1-2-4-15(13)26-19/h1-6,10-12,14H,7-9,20H2,(H,23,25). The molecule has 2 saturated carbocycles. The molecule has 3 aromatic rings. The van der Waals surface area contributed by atoms with E-state index in [0.717, 1.165) is 34.5 Å². The predicted molar refractivity (Wildman–Crippen MR) is 101 cm³/mol. The molecule has 2 bridgehead atoms. The zero-order valence-electron chi connectivity index (χ0n) is 14.1. The largest absolute Gasteiger partial charge is 0.348 e. The molecule has 2 heterocycles. The Balaban J connectivity index is 1.44. The van der Waals surface area contributed by atoms with Gasteiger partial charge < -0.3 is 11.1 Å². The van der Waals surface area contributed by atoms with Gasteiger partial charge in [-0.15, -0.1) is 11.3 Å². The summed E-state index contributed by atoms with van der Waals surface area (Å²) in [6.07, 6.45) is 6.25. The summed E-state index contributed by atoms with van der Waals surface area (Å²) in [6.45, 7) is 0. The van der Waals surface area contributed by atoms with Crippen LogP contribution in [0.25, 0.3) is 20.9 Å². The SMILES string of the molecule is NC1CC2CC1CC2NC(=O)c1nccnc1-c1nc2ccccc2s1. The van der Waals surface area contributed by atoms with E-state index in [1.165, 1.54) is 11.3 Å². The van der Waals surface area contributed by atoms with Crippen LogP contribution in [-0.4, -0.2) is 32.9 Å². The van der Waals surface area contributed by atoms with Gasteiger partial charge in [0.2, 0.25) is 0 Å². The molecule has 2 aliphatic rings. The molecule has 6 nitrogen and oxygen atoms in total. The van der Waals surface area contributed by atoms with Gasteiger partial charge >= 0.3 is 0 Å². The molecular weight excluding hydrogens is 346 g/mol. The number of carbonyl (C=O) groups is 1. The van der Waals surface area contributed by atoms with Crippen molar-refractivity contribution in [3.8, 4) is 10.7 Å². The van der Waals surface area contributed by atoms with Crippen LogP contribution in [0.2, 0.25) is 0 Å². The molecule has 4 unspecified atom stereocenters. The van der Waals surface area contributed by atoms with Gasteiger partial charge in [0, 0.05) is 24.5 Å². The van der Waals surface area contributed by atoms with Crippen LogP contribution in [0.1, 0.15) is 29.8 Å². The van der Waals surface area contributed by atoms with Gasteiger partial charge in [0.15, 0.2) is 5.69 Å². The molecule has 132 valence electrons. The second-order valence-corrected chi connectivity index (χ2v) is 8.24. The number of nitrogens with one attached hydrogen (secondary N) is 1. The van der Waals surface area contributed by atoms with Crippen molar-refractivity contribution in [3.63, 3.8) is 0 Å². The van der Waals surface area contributed by atoms with Gasteiger partial charge in [-0.1, -0.05) is 12.1 Å². The summed E-state index contributed by atoms with van der Waals surface area (Å²) in [5, 5.41) is 3.89. The lowest BCUT2D eigenvalue weighted by Crippen LogP contribution is -2.42. The lowest BCUT2D eigenvalue weighted by Gasteiger charge is -2.26. The fourth-order valence-electron chi connectivity index (χ4n) is 4.37. The number of para-hydroxylation sites is 1. The van der Waals surface area contributed by atoms with Gasteiger partial charge in [0.05, 0.1) is 10.2 Å². The number of amides is 1. The molecule has 0 radical (unpaired) electrons. The Labute approximate surface area is 154 Å². The van der Waals surface area contributed by atoms with Gasteiger partial charge in [-0.2, -0.15) is 0 Å². The molecule has 1 amide bonds. The number of fused-ring (bicyclic) bond motifs is 3. The highest BCUT2D eigenvalue weighted by Gasteiger charge is 2.45. The topological polar surface area (TPSA) is 93.8 Å². The molecule has 2 aromatic heterocycles.